The summed E-state index contributed by atoms with van der Waals surface area (Å²) < 4.78 is 10.5. The fraction of sp³-hybridized carbons (Fsp3) is 0.571. The molecule has 1 aromatic carbocycles. The molecule has 2 rings (SSSR count). The third kappa shape index (κ3) is 2.06. The molecule has 18 heavy (non-hydrogen) atoms. The van der Waals surface area contributed by atoms with Crippen molar-refractivity contribution in [3.63, 3.8) is 0 Å². The van der Waals surface area contributed by atoms with E-state index in [4.69, 9.17) is 15.2 Å². The van der Waals surface area contributed by atoms with Crippen molar-refractivity contribution < 1.29 is 14.6 Å². The Bertz CT molecular complexity index is 410. The lowest BCUT2D eigenvalue weighted by Gasteiger charge is -2.45. The highest BCUT2D eigenvalue weighted by molar-refractivity contribution is 5.43. The van der Waals surface area contributed by atoms with Gasteiger partial charge in [0.15, 0.2) is 0 Å². The maximum atomic E-state index is 10.6. The molecule has 0 spiro atoms. The number of nitrogens with two attached hydrogens (primary N) is 1. The maximum absolute atomic E-state index is 10.6. The van der Waals surface area contributed by atoms with Crippen LogP contribution in [-0.4, -0.2) is 25.9 Å². The van der Waals surface area contributed by atoms with Gasteiger partial charge in [0, 0.05) is 23.6 Å². The van der Waals surface area contributed by atoms with Gasteiger partial charge >= 0.3 is 0 Å². The van der Waals surface area contributed by atoms with Gasteiger partial charge < -0.3 is 20.3 Å². The van der Waals surface area contributed by atoms with E-state index in [1.165, 1.54) is 0 Å². The van der Waals surface area contributed by atoms with E-state index in [0.717, 1.165) is 30.6 Å². The van der Waals surface area contributed by atoms with Crippen LogP contribution in [0, 0.1) is 5.41 Å². The summed E-state index contributed by atoms with van der Waals surface area (Å²) in [4.78, 5) is 0. The van der Waals surface area contributed by atoms with Crippen LogP contribution in [0.1, 0.15) is 30.9 Å². The van der Waals surface area contributed by atoms with Crippen molar-refractivity contribution in [2.45, 2.75) is 25.4 Å². The van der Waals surface area contributed by atoms with Crippen LogP contribution in [0.25, 0.3) is 0 Å². The van der Waals surface area contributed by atoms with Crippen molar-refractivity contribution in [1.82, 2.24) is 0 Å². The summed E-state index contributed by atoms with van der Waals surface area (Å²) in [6, 6.07) is 5.49. The fourth-order valence-electron chi connectivity index (χ4n) is 2.59. The number of rotatable bonds is 5. The van der Waals surface area contributed by atoms with Crippen LogP contribution in [0.3, 0.4) is 0 Å². The Labute approximate surface area is 108 Å². The second-order valence-electron chi connectivity index (χ2n) is 4.93. The molecule has 1 aliphatic carbocycles. The van der Waals surface area contributed by atoms with Gasteiger partial charge in [-0.2, -0.15) is 0 Å². The first-order valence-electron chi connectivity index (χ1n) is 6.27. The molecule has 1 fully saturated rings. The lowest BCUT2D eigenvalue weighted by Crippen LogP contribution is -2.42. The molecule has 0 amide bonds. The molecule has 0 aromatic heterocycles. The van der Waals surface area contributed by atoms with Gasteiger partial charge in [-0.3, -0.25) is 0 Å². The molecule has 1 aliphatic rings. The summed E-state index contributed by atoms with van der Waals surface area (Å²) in [6.45, 7) is 0.503. The van der Waals surface area contributed by atoms with Gasteiger partial charge in [0.25, 0.3) is 0 Å². The smallest absolute Gasteiger partial charge is 0.128 e. The van der Waals surface area contributed by atoms with Gasteiger partial charge in [0.05, 0.1) is 20.3 Å². The number of aliphatic hydroxyl groups excluding tert-OH is 1. The van der Waals surface area contributed by atoms with Gasteiger partial charge in [-0.05, 0) is 25.0 Å². The van der Waals surface area contributed by atoms with Crippen molar-refractivity contribution in [2.75, 3.05) is 20.8 Å². The molecule has 0 aliphatic heterocycles. The topological polar surface area (TPSA) is 64.7 Å². The van der Waals surface area contributed by atoms with Crippen LogP contribution in [0.2, 0.25) is 0 Å². The van der Waals surface area contributed by atoms with E-state index in [1.807, 2.05) is 12.1 Å². The van der Waals surface area contributed by atoms with Crippen LogP contribution in [0.15, 0.2) is 18.2 Å². The van der Waals surface area contributed by atoms with Gasteiger partial charge in [-0.1, -0.05) is 6.42 Å². The molecule has 1 atom stereocenters. The van der Waals surface area contributed by atoms with Crippen molar-refractivity contribution in [1.29, 1.82) is 0 Å². The Hall–Kier alpha value is -1.26. The van der Waals surface area contributed by atoms with Crippen molar-refractivity contribution in [2.24, 2.45) is 11.1 Å². The number of aliphatic hydroxyl groups is 1. The molecule has 0 saturated heterocycles. The highest BCUT2D eigenvalue weighted by Gasteiger charge is 2.43. The van der Waals surface area contributed by atoms with Gasteiger partial charge in [-0.25, -0.2) is 0 Å². The predicted octanol–water partition coefficient (Wildman–Crippen LogP) is 1.87. The number of hydrogen-bond acceptors (Lipinski definition) is 4. The minimum absolute atomic E-state index is 0.179. The molecule has 3 N–H and O–H groups in total. The largest absolute Gasteiger partial charge is 0.497 e. The number of hydrogen-bond donors (Lipinski definition) is 2. The van der Waals surface area contributed by atoms with Crippen molar-refractivity contribution >= 4 is 0 Å². The Kier molecular flexibility index (Phi) is 3.78. The summed E-state index contributed by atoms with van der Waals surface area (Å²) in [5.41, 5.74) is 6.45. The van der Waals surface area contributed by atoms with E-state index < -0.39 is 6.10 Å². The van der Waals surface area contributed by atoms with Gasteiger partial charge in [-0.15, -0.1) is 0 Å². The van der Waals surface area contributed by atoms with E-state index in [-0.39, 0.29) is 5.41 Å². The van der Waals surface area contributed by atoms with Gasteiger partial charge in [0.1, 0.15) is 11.5 Å². The minimum Gasteiger partial charge on any atom is -0.497 e. The Morgan fingerprint density at radius 3 is 2.50 bits per heavy atom. The summed E-state index contributed by atoms with van der Waals surface area (Å²) in [7, 11) is 3.21. The minimum atomic E-state index is -0.572. The Morgan fingerprint density at radius 1 is 1.33 bits per heavy atom. The normalized spacial score (nSPS) is 18.9. The molecular weight excluding hydrogens is 230 g/mol. The van der Waals surface area contributed by atoms with E-state index >= 15 is 0 Å². The fourth-order valence-corrected chi connectivity index (χ4v) is 2.59. The van der Waals surface area contributed by atoms with E-state index in [2.05, 4.69) is 0 Å². The van der Waals surface area contributed by atoms with E-state index in [1.54, 1.807) is 20.3 Å². The zero-order chi connectivity index (χ0) is 13.2. The van der Waals surface area contributed by atoms with Crippen LogP contribution >= 0.6 is 0 Å². The standard InChI is InChI=1S/C14H21NO3/c1-17-10-4-5-11(12(8-10)18-2)13(16)14(9-15)6-3-7-14/h4-5,8,13,16H,3,6-7,9,15H2,1-2H3. The Morgan fingerprint density at radius 2 is 2.06 bits per heavy atom. The average molecular weight is 251 g/mol. The Balaban J connectivity index is 2.32. The summed E-state index contributed by atoms with van der Waals surface area (Å²) in [6.07, 6.45) is 2.50. The second kappa shape index (κ2) is 5.16. The first kappa shape index (κ1) is 13.2. The SMILES string of the molecule is COc1ccc(C(O)C2(CN)CCC2)c(OC)c1. The molecule has 1 aromatic rings. The third-order valence-electron chi connectivity index (χ3n) is 4.07. The van der Waals surface area contributed by atoms with Crippen LogP contribution < -0.4 is 15.2 Å². The molecule has 1 saturated carbocycles. The molecular formula is C14H21NO3. The first-order valence-corrected chi connectivity index (χ1v) is 6.27. The zero-order valence-corrected chi connectivity index (χ0v) is 11.0. The summed E-state index contributed by atoms with van der Waals surface area (Å²) >= 11 is 0. The molecule has 0 heterocycles. The molecule has 100 valence electrons. The third-order valence-corrected chi connectivity index (χ3v) is 4.07. The van der Waals surface area contributed by atoms with Crippen LogP contribution in [0.5, 0.6) is 11.5 Å². The molecule has 4 heteroatoms. The van der Waals surface area contributed by atoms with Crippen molar-refractivity contribution in [3.8, 4) is 11.5 Å². The zero-order valence-electron chi connectivity index (χ0n) is 11.0. The van der Waals surface area contributed by atoms with Crippen LogP contribution in [-0.2, 0) is 0 Å². The van der Waals surface area contributed by atoms with Crippen LogP contribution in [0.4, 0.5) is 0 Å². The monoisotopic (exact) mass is 251 g/mol. The molecule has 0 radical (unpaired) electrons. The predicted molar refractivity (Wildman–Crippen MR) is 69.8 cm³/mol. The summed E-state index contributed by atoms with van der Waals surface area (Å²) in [5, 5.41) is 10.6. The number of ether oxygens (including phenoxy) is 2. The van der Waals surface area contributed by atoms with E-state index in [0.29, 0.717) is 12.3 Å². The van der Waals surface area contributed by atoms with Gasteiger partial charge in [0.2, 0.25) is 0 Å². The highest BCUT2D eigenvalue weighted by atomic mass is 16.5. The average Bonchev–Trinajstić information content (AvgIpc) is 2.37. The highest BCUT2D eigenvalue weighted by Crippen LogP contribution is 2.51. The number of methoxy groups -OCH3 is 2. The lowest BCUT2D eigenvalue weighted by atomic mass is 9.63. The first-order chi connectivity index (χ1) is 8.66. The van der Waals surface area contributed by atoms with Crippen molar-refractivity contribution in [3.05, 3.63) is 23.8 Å². The lowest BCUT2D eigenvalue weighted by molar-refractivity contribution is -0.0308. The molecule has 0 bridgehead atoms. The second-order valence-corrected chi connectivity index (χ2v) is 4.93. The molecule has 4 nitrogen and oxygen atoms in total. The number of benzene rings is 1. The quantitative estimate of drug-likeness (QED) is 0.838. The summed E-state index contributed by atoms with van der Waals surface area (Å²) in [5.74, 6) is 1.37. The maximum Gasteiger partial charge on any atom is 0.128 e. The van der Waals surface area contributed by atoms with E-state index in [9.17, 15) is 5.11 Å². The molecule has 1 unspecified atom stereocenters.